The van der Waals surface area contributed by atoms with Gasteiger partial charge in [-0.1, -0.05) is 23.2 Å². The van der Waals surface area contributed by atoms with Crippen LogP contribution in [0, 0.1) is 6.92 Å². The van der Waals surface area contributed by atoms with E-state index in [1.165, 1.54) is 24.1 Å². The van der Waals surface area contributed by atoms with Crippen molar-refractivity contribution in [2.24, 2.45) is 0 Å². The van der Waals surface area contributed by atoms with E-state index in [0.29, 0.717) is 10.7 Å². The van der Waals surface area contributed by atoms with E-state index in [1.807, 2.05) is 0 Å². The first-order valence-electron chi connectivity index (χ1n) is 5.75. The number of aromatic nitrogens is 1. The molecule has 0 atom stereocenters. The Hall–Kier alpha value is -1.63. The van der Waals surface area contributed by atoms with E-state index >= 15 is 0 Å². The van der Waals surface area contributed by atoms with Crippen molar-refractivity contribution in [1.82, 2.24) is 4.37 Å². The largest absolute Gasteiger partial charge is 0.478 e. The summed E-state index contributed by atoms with van der Waals surface area (Å²) in [7, 11) is 1.47. The van der Waals surface area contributed by atoms with E-state index < -0.39 is 11.9 Å². The van der Waals surface area contributed by atoms with Crippen molar-refractivity contribution in [3.05, 3.63) is 45.1 Å². The van der Waals surface area contributed by atoms with E-state index in [9.17, 15) is 14.7 Å². The molecule has 0 aliphatic heterocycles. The number of hydrogen-bond donors (Lipinski definition) is 1. The number of aryl methyl sites for hydroxylation is 1. The van der Waals surface area contributed by atoms with Gasteiger partial charge < -0.3 is 10.0 Å². The number of rotatable bonds is 3. The number of hydrogen-bond acceptors (Lipinski definition) is 4. The predicted octanol–water partition coefficient (Wildman–Crippen LogP) is 3.73. The summed E-state index contributed by atoms with van der Waals surface area (Å²) in [5.41, 5.74) is 0.572. The molecule has 1 heterocycles. The number of carboxylic acids is 1. The Bertz CT molecular complexity index is 730. The fraction of sp³-hybridized carbons (Fsp3) is 0.154. The molecule has 1 aromatic heterocycles. The van der Waals surface area contributed by atoms with Crippen molar-refractivity contribution in [3.63, 3.8) is 0 Å². The number of aromatic carboxylic acids is 1. The monoisotopic (exact) mass is 344 g/mol. The third kappa shape index (κ3) is 3.02. The summed E-state index contributed by atoms with van der Waals surface area (Å²) in [6, 6.07) is 4.53. The molecule has 1 N–H and O–H groups in total. The molecule has 8 heteroatoms. The number of nitrogens with zero attached hydrogens (tertiary/aromatic N) is 2. The van der Waals surface area contributed by atoms with Gasteiger partial charge >= 0.3 is 5.97 Å². The molecule has 0 saturated heterocycles. The Balaban J connectivity index is 2.45. The van der Waals surface area contributed by atoms with E-state index in [-0.39, 0.29) is 21.2 Å². The average molecular weight is 345 g/mol. The summed E-state index contributed by atoms with van der Waals surface area (Å²) in [4.78, 5) is 25.0. The molecule has 21 heavy (non-hydrogen) atoms. The lowest BCUT2D eigenvalue weighted by Crippen LogP contribution is -2.27. The molecule has 0 saturated carbocycles. The molecule has 1 amide bonds. The molecule has 1 aromatic carbocycles. The Morgan fingerprint density at radius 1 is 1.33 bits per heavy atom. The number of benzene rings is 1. The minimum atomic E-state index is -1.13. The molecular formula is C13H10Cl2N2O3S. The Morgan fingerprint density at radius 2 is 2.00 bits per heavy atom. The van der Waals surface area contributed by atoms with Crippen LogP contribution in [0.3, 0.4) is 0 Å². The highest BCUT2D eigenvalue weighted by molar-refractivity contribution is 7.11. The maximum Gasteiger partial charge on any atom is 0.340 e. The molecule has 2 rings (SSSR count). The van der Waals surface area contributed by atoms with Crippen molar-refractivity contribution in [1.29, 1.82) is 0 Å². The van der Waals surface area contributed by atoms with Gasteiger partial charge in [0.25, 0.3) is 5.91 Å². The molecular weight excluding hydrogens is 335 g/mol. The number of anilines is 1. The van der Waals surface area contributed by atoms with Gasteiger partial charge in [-0.2, -0.15) is 4.37 Å². The Morgan fingerprint density at radius 3 is 2.62 bits per heavy atom. The second-order valence-electron chi connectivity index (χ2n) is 4.24. The first kappa shape index (κ1) is 15.8. The van der Waals surface area contributed by atoms with Crippen LogP contribution < -0.4 is 4.90 Å². The predicted molar refractivity (Wildman–Crippen MR) is 83.0 cm³/mol. The Labute approximate surface area is 134 Å². The number of carbonyl (C=O) groups excluding carboxylic acids is 1. The summed E-state index contributed by atoms with van der Waals surface area (Å²) in [6.45, 7) is 1.58. The summed E-state index contributed by atoms with van der Waals surface area (Å²) in [5, 5.41) is 10.1. The van der Waals surface area contributed by atoms with E-state index in [0.717, 1.165) is 11.5 Å². The van der Waals surface area contributed by atoms with E-state index in [1.54, 1.807) is 13.0 Å². The van der Waals surface area contributed by atoms with Crippen molar-refractivity contribution in [2.45, 2.75) is 6.92 Å². The number of amides is 1. The number of halogens is 2. The van der Waals surface area contributed by atoms with Crippen LogP contribution in [-0.4, -0.2) is 28.4 Å². The normalized spacial score (nSPS) is 10.5. The van der Waals surface area contributed by atoms with Crippen LogP contribution in [0.15, 0.2) is 18.2 Å². The lowest BCUT2D eigenvalue weighted by Gasteiger charge is -2.16. The average Bonchev–Trinajstić information content (AvgIpc) is 2.81. The third-order valence-corrected chi connectivity index (χ3v) is 4.41. The molecule has 110 valence electrons. The van der Waals surface area contributed by atoms with Gasteiger partial charge in [-0.3, -0.25) is 4.79 Å². The SMILES string of the molecule is Cc1nsc(N(C)C(=O)c2cc(Cl)ccc2Cl)c1C(=O)O. The van der Waals surface area contributed by atoms with Gasteiger partial charge in [0, 0.05) is 12.1 Å². The van der Waals surface area contributed by atoms with Gasteiger partial charge in [0.2, 0.25) is 0 Å². The first-order chi connectivity index (χ1) is 9.82. The highest BCUT2D eigenvalue weighted by Crippen LogP contribution is 2.30. The molecule has 2 aromatic rings. The van der Waals surface area contributed by atoms with Gasteiger partial charge in [0.05, 0.1) is 16.3 Å². The van der Waals surface area contributed by atoms with E-state index in [4.69, 9.17) is 23.2 Å². The van der Waals surface area contributed by atoms with Crippen molar-refractivity contribution in [3.8, 4) is 0 Å². The smallest absolute Gasteiger partial charge is 0.340 e. The summed E-state index contributed by atoms with van der Waals surface area (Å²) >= 11 is 12.8. The molecule has 0 spiro atoms. The van der Waals surface area contributed by atoms with Gasteiger partial charge in [-0.15, -0.1) is 0 Å². The molecule has 0 radical (unpaired) electrons. The van der Waals surface area contributed by atoms with Crippen molar-refractivity contribution >= 4 is 51.6 Å². The third-order valence-electron chi connectivity index (χ3n) is 2.83. The molecule has 5 nitrogen and oxygen atoms in total. The zero-order chi connectivity index (χ0) is 15.7. The van der Waals surface area contributed by atoms with Crippen LogP contribution >= 0.6 is 34.7 Å². The fourth-order valence-corrected chi connectivity index (χ4v) is 2.98. The van der Waals surface area contributed by atoms with Crippen LogP contribution in [0.2, 0.25) is 10.0 Å². The van der Waals surface area contributed by atoms with Gasteiger partial charge in [-0.05, 0) is 36.7 Å². The second-order valence-corrected chi connectivity index (χ2v) is 5.84. The first-order valence-corrected chi connectivity index (χ1v) is 7.28. The minimum absolute atomic E-state index is 0.00833. The number of carboxylic acid groups (broad SMARTS) is 1. The number of carbonyl (C=O) groups is 2. The quantitative estimate of drug-likeness (QED) is 0.920. The molecule has 0 fully saturated rings. The second kappa shape index (κ2) is 6.01. The molecule has 0 aliphatic carbocycles. The van der Waals surface area contributed by atoms with Gasteiger partial charge in [0.1, 0.15) is 10.6 Å². The highest BCUT2D eigenvalue weighted by atomic mass is 35.5. The van der Waals surface area contributed by atoms with Crippen molar-refractivity contribution in [2.75, 3.05) is 11.9 Å². The standard InChI is InChI=1S/C13H10Cl2N2O3S/c1-6-10(13(19)20)12(21-16-6)17(2)11(18)8-5-7(14)3-4-9(8)15/h3-5H,1-2H3,(H,19,20). The maximum absolute atomic E-state index is 12.5. The summed E-state index contributed by atoms with van der Waals surface area (Å²) < 4.78 is 3.98. The van der Waals surface area contributed by atoms with Gasteiger partial charge in [0.15, 0.2) is 0 Å². The molecule has 0 aliphatic rings. The molecule has 0 unspecified atom stereocenters. The zero-order valence-electron chi connectivity index (χ0n) is 11.1. The maximum atomic E-state index is 12.5. The summed E-state index contributed by atoms with van der Waals surface area (Å²) in [6.07, 6.45) is 0. The van der Waals surface area contributed by atoms with Crippen LogP contribution in [0.4, 0.5) is 5.00 Å². The minimum Gasteiger partial charge on any atom is -0.478 e. The van der Waals surface area contributed by atoms with Crippen LogP contribution in [0.5, 0.6) is 0 Å². The highest BCUT2D eigenvalue weighted by Gasteiger charge is 2.25. The van der Waals surface area contributed by atoms with Crippen molar-refractivity contribution < 1.29 is 14.7 Å². The lowest BCUT2D eigenvalue weighted by atomic mass is 10.2. The Kier molecular flexibility index (Phi) is 4.51. The van der Waals surface area contributed by atoms with Crippen LogP contribution in [0.25, 0.3) is 0 Å². The fourth-order valence-electron chi connectivity index (χ4n) is 1.77. The van der Waals surface area contributed by atoms with E-state index in [2.05, 4.69) is 4.37 Å². The van der Waals surface area contributed by atoms with Gasteiger partial charge in [-0.25, -0.2) is 4.79 Å². The van der Waals surface area contributed by atoms with Crippen LogP contribution in [-0.2, 0) is 0 Å². The van der Waals surface area contributed by atoms with Crippen LogP contribution in [0.1, 0.15) is 26.4 Å². The molecule has 0 bridgehead atoms. The summed E-state index contributed by atoms with van der Waals surface area (Å²) in [5.74, 6) is -1.58. The zero-order valence-corrected chi connectivity index (χ0v) is 13.4. The lowest BCUT2D eigenvalue weighted by molar-refractivity contribution is 0.0697. The topological polar surface area (TPSA) is 70.5 Å².